The fourth-order valence-electron chi connectivity index (χ4n) is 9.63. The number of esters is 1. The zero-order valence-corrected chi connectivity index (χ0v) is 42.5. The Labute approximate surface area is 438 Å². The van der Waals surface area contributed by atoms with Gasteiger partial charge in [-0.3, -0.25) is 43.7 Å². The van der Waals surface area contributed by atoms with Crippen molar-refractivity contribution in [3.63, 3.8) is 0 Å². The van der Waals surface area contributed by atoms with Crippen molar-refractivity contribution in [3.8, 4) is 23.0 Å². The van der Waals surface area contributed by atoms with Crippen LogP contribution in [0.25, 0.3) is 0 Å². The van der Waals surface area contributed by atoms with E-state index in [2.05, 4.69) is 20.7 Å². The number of aliphatic imine (C=N–C) groups is 2. The number of hydrogen-bond donors (Lipinski definition) is 4. The summed E-state index contributed by atoms with van der Waals surface area (Å²) in [4.78, 5) is 90.9. The minimum Gasteiger partial charge on any atom is -0.493 e. The number of rotatable bonds is 20. The van der Waals surface area contributed by atoms with Crippen LogP contribution in [0.1, 0.15) is 70.1 Å². The molecule has 1 unspecified atom stereocenters. The highest BCUT2D eigenvalue weighted by Crippen LogP contribution is 2.46. The predicted molar refractivity (Wildman–Crippen MR) is 282 cm³/mol. The molecule has 0 aliphatic carbocycles. The van der Waals surface area contributed by atoms with Gasteiger partial charge in [0.15, 0.2) is 29.2 Å². The molecule has 76 heavy (non-hydrogen) atoms. The number of carbonyl (C=O) groups excluding carboxylic acids is 6. The van der Waals surface area contributed by atoms with E-state index in [9.17, 15) is 33.9 Å². The lowest BCUT2D eigenvalue weighted by atomic mass is 10.1. The number of anilines is 3. The highest BCUT2D eigenvalue weighted by Gasteiger charge is 2.38. The van der Waals surface area contributed by atoms with Crippen LogP contribution in [-0.4, -0.2) is 113 Å². The average Bonchev–Trinajstić information content (AvgIpc) is 3.93. The monoisotopic (exact) mass is 1030 g/mol. The fourth-order valence-corrected chi connectivity index (χ4v) is 9.63. The number of fused-ring (bicyclic) bond motifs is 8. The number of aliphatic hydroxyl groups is 1. The minimum absolute atomic E-state index is 0.0154. The van der Waals surface area contributed by atoms with E-state index in [0.717, 1.165) is 22.5 Å². The van der Waals surface area contributed by atoms with Gasteiger partial charge in [-0.25, -0.2) is 0 Å². The lowest BCUT2D eigenvalue weighted by Gasteiger charge is -2.29. The summed E-state index contributed by atoms with van der Waals surface area (Å²) >= 11 is 0. The van der Waals surface area contributed by atoms with Gasteiger partial charge in [-0.05, 0) is 77.6 Å². The summed E-state index contributed by atoms with van der Waals surface area (Å²) in [5, 5.41) is 19.2. The summed E-state index contributed by atoms with van der Waals surface area (Å²) in [5.74, 6) is -1.32. The van der Waals surface area contributed by atoms with Gasteiger partial charge in [-0.1, -0.05) is 36.4 Å². The maximum Gasteiger partial charge on any atom is 0.305 e. The number of benzene rings is 5. The van der Waals surface area contributed by atoms with E-state index in [1.54, 1.807) is 54.6 Å². The van der Waals surface area contributed by atoms with Crippen LogP contribution in [0.15, 0.2) is 101 Å². The number of likely N-dealkylation sites (N-methyl/N-ethyl adjacent to an activating group) is 1. The van der Waals surface area contributed by atoms with Gasteiger partial charge >= 0.3 is 5.97 Å². The molecule has 0 fully saturated rings. The second-order valence-electron chi connectivity index (χ2n) is 18.5. The van der Waals surface area contributed by atoms with Gasteiger partial charge in [0.1, 0.15) is 13.2 Å². The highest BCUT2D eigenvalue weighted by molar-refractivity contribution is 6.15. The third-order valence-corrected chi connectivity index (χ3v) is 13.6. The molecular formula is C56H58N8O12. The van der Waals surface area contributed by atoms with E-state index in [-0.39, 0.29) is 62.5 Å². The van der Waals surface area contributed by atoms with E-state index >= 15 is 0 Å². The Kier molecular flexibility index (Phi) is 15.9. The Bertz CT molecular complexity index is 3140. The van der Waals surface area contributed by atoms with Crippen molar-refractivity contribution in [2.45, 2.75) is 70.1 Å². The van der Waals surface area contributed by atoms with Crippen molar-refractivity contribution in [1.29, 1.82) is 0 Å². The molecular weight excluding hydrogens is 977 g/mol. The second-order valence-corrected chi connectivity index (χ2v) is 18.5. The number of para-hydroxylation sites is 2. The Morgan fingerprint density at radius 3 is 1.91 bits per heavy atom. The van der Waals surface area contributed by atoms with Crippen molar-refractivity contribution in [2.75, 3.05) is 62.7 Å². The van der Waals surface area contributed by atoms with Gasteiger partial charge in [0.25, 0.3) is 5.91 Å². The Hall–Kier alpha value is -8.78. The lowest BCUT2D eigenvalue weighted by molar-refractivity contribution is -0.140. The lowest BCUT2D eigenvalue weighted by Crippen LogP contribution is -2.44. The molecule has 5 aromatic carbocycles. The Morgan fingerprint density at radius 2 is 1.22 bits per heavy atom. The molecule has 9 rings (SSSR count). The molecule has 394 valence electrons. The van der Waals surface area contributed by atoms with Crippen LogP contribution in [0.3, 0.4) is 0 Å². The molecule has 4 aliphatic heterocycles. The molecule has 5 amide bonds. The number of carbonyl (C=O) groups is 6. The first-order valence-corrected chi connectivity index (χ1v) is 24.8. The zero-order chi connectivity index (χ0) is 53.5. The summed E-state index contributed by atoms with van der Waals surface area (Å²) in [6.07, 6.45) is 5.14. The zero-order valence-electron chi connectivity index (χ0n) is 42.5. The maximum atomic E-state index is 14.1. The van der Waals surface area contributed by atoms with Gasteiger partial charge in [0, 0.05) is 79.9 Å². The van der Waals surface area contributed by atoms with Crippen molar-refractivity contribution < 1.29 is 57.6 Å². The first-order chi connectivity index (χ1) is 36.8. The summed E-state index contributed by atoms with van der Waals surface area (Å²) in [6.45, 7) is -1.26. The van der Waals surface area contributed by atoms with Crippen LogP contribution >= 0.6 is 0 Å². The third kappa shape index (κ3) is 11.5. The predicted octanol–water partition coefficient (Wildman–Crippen LogP) is 5.33. The van der Waals surface area contributed by atoms with Crippen molar-refractivity contribution in [3.05, 3.63) is 124 Å². The summed E-state index contributed by atoms with van der Waals surface area (Å²) in [7, 11) is 5.84. The standard InChI is InChI=1S/C56H58N8O12/c1-62(53(68)30-61-52(67)29-60-51(66)28-59-50(65)15-9-10-16-54(69)74-4)37-18-33(31-75-48-24-42-40(22-46(48)72-2)55(70)63-38(26-57-42)20-35-11-5-7-13-44(35)63)17-34(19-37)32-76-49-25-43-41(23-47(49)73-3)56(71)64-39(27-58-43)21-36-12-6-8-14-45(36)64/h5-8,11-14,17-19,22-27,38-39,55,70H,9-10,15-16,20-21,28-32H2,1-4H3,(H,59,65)(H,60,66)(H,61,67)/t38-,39-,55?/m0/s1. The SMILES string of the molecule is COC(=O)CCCCC(=O)NCC(=O)NCC(=O)NCC(=O)N(C)c1cc(COc2cc3c(cc2OC)C(=O)N2c4ccccc4C[C@H]2C=N3)cc(COc2cc3c(cc2OC)C(O)N2c4ccccc4C[C@H]2C=N3)c1. The molecule has 4 N–H and O–H groups in total. The van der Waals surface area contributed by atoms with Crippen molar-refractivity contribution in [2.24, 2.45) is 9.98 Å². The van der Waals surface area contributed by atoms with E-state index < -0.39 is 37.0 Å². The molecule has 0 saturated carbocycles. The maximum absolute atomic E-state index is 14.1. The van der Waals surface area contributed by atoms with Gasteiger partial charge in [-0.15, -0.1) is 0 Å². The van der Waals surface area contributed by atoms with Gasteiger partial charge in [-0.2, -0.15) is 0 Å². The molecule has 5 aromatic rings. The normalized spacial score (nSPS) is 16.3. The average molecular weight is 1040 g/mol. The smallest absolute Gasteiger partial charge is 0.305 e. The van der Waals surface area contributed by atoms with Crippen LogP contribution in [0.2, 0.25) is 0 Å². The quantitative estimate of drug-likeness (QED) is 0.0570. The molecule has 0 spiro atoms. The van der Waals surface area contributed by atoms with Crippen LogP contribution in [-0.2, 0) is 54.8 Å². The van der Waals surface area contributed by atoms with E-state index in [4.69, 9.17) is 28.9 Å². The van der Waals surface area contributed by atoms with E-state index in [1.165, 1.54) is 26.2 Å². The van der Waals surface area contributed by atoms with Gasteiger partial charge in [0.05, 0.1) is 70.0 Å². The van der Waals surface area contributed by atoms with Crippen molar-refractivity contribution in [1.82, 2.24) is 16.0 Å². The first-order valence-electron chi connectivity index (χ1n) is 24.8. The summed E-state index contributed by atoms with van der Waals surface area (Å²) in [6, 6.07) is 27.5. The van der Waals surface area contributed by atoms with Crippen LogP contribution < -0.4 is 49.6 Å². The second kappa shape index (κ2) is 23.2. The molecule has 3 atom stereocenters. The number of ether oxygens (including phenoxy) is 5. The van der Waals surface area contributed by atoms with E-state index in [1.807, 2.05) is 65.7 Å². The van der Waals surface area contributed by atoms with Gasteiger partial charge < -0.3 is 54.5 Å². The molecule has 20 nitrogen and oxygen atoms in total. The Morgan fingerprint density at radius 1 is 0.658 bits per heavy atom. The van der Waals surface area contributed by atoms with Crippen LogP contribution in [0, 0.1) is 0 Å². The Balaban J connectivity index is 0.898. The number of nitrogens with one attached hydrogen (secondary N) is 3. The van der Waals surface area contributed by atoms with Crippen LogP contribution in [0.4, 0.5) is 28.4 Å². The molecule has 4 aliphatic rings. The highest BCUT2D eigenvalue weighted by atomic mass is 16.5. The first kappa shape index (κ1) is 52.1. The van der Waals surface area contributed by atoms with Crippen LogP contribution in [0.5, 0.6) is 23.0 Å². The molecule has 0 bridgehead atoms. The molecule has 20 heteroatoms. The molecule has 4 heterocycles. The number of unbranched alkanes of at least 4 members (excludes halogenated alkanes) is 1. The third-order valence-electron chi connectivity index (χ3n) is 13.6. The number of methoxy groups -OCH3 is 3. The summed E-state index contributed by atoms with van der Waals surface area (Å²) in [5.41, 5.74) is 7.49. The number of hydrogen-bond acceptors (Lipinski definition) is 15. The number of aliphatic hydroxyl groups excluding tert-OH is 1. The number of nitrogens with zero attached hydrogens (tertiary/aromatic N) is 5. The largest absolute Gasteiger partial charge is 0.493 e. The number of amides is 5. The van der Waals surface area contributed by atoms with Gasteiger partial charge in [0.2, 0.25) is 23.6 Å². The van der Waals surface area contributed by atoms with E-state index in [0.29, 0.717) is 88.0 Å². The van der Waals surface area contributed by atoms with Crippen molar-refractivity contribution >= 4 is 76.4 Å². The minimum atomic E-state index is -1.01. The topological polar surface area (TPSA) is 239 Å². The molecule has 0 aromatic heterocycles. The fraction of sp³-hybridized carbons (Fsp3) is 0.321. The molecule has 0 radical (unpaired) electrons. The summed E-state index contributed by atoms with van der Waals surface area (Å²) < 4.78 is 29.0. The molecule has 0 saturated heterocycles.